The van der Waals surface area contributed by atoms with Crippen molar-refractivity contribution in [2.75, 3.05) is 0 Å². The third-order valence-corrected chi connectivity index (χ3v) is 3.60. The van der Waals surface area contributed by atoms with E-state index in [1.54, 1.807) is 33.2 Å². The van der Waals surface area contributed by atoms with Gasteiger partial charge in [0.15, 0.2) is 0 Å². The summed E-state index contributed by atoms with van der Waals surface area (Å²) in [5.74, 6) is 0. The van der Waals surface area contributed by atoms with Gasteiger partial charge in [0.1, 0.15) is 0 Å². The maximum Gasteiger partial charge on any atom is 0.0940 e. The molecule has 1 aromatic carbocycles. The molecule has 0 fully saturated rings. The molecule has 1 heterocycles. The van der Waals surface area contributed by atoms with Gasteiger partial charge in [0.05, 0.1) is 11.2 Å². The van der Waals surface area contributed by atoms with Crippen LogP contribution in [0.15, 0.2) is 36.7 Å². The topological polar surface area (TPSA) is 53.4 Å². The first kappa shape index (κ1) is 13.0. The van der Waals surface area contributed by atoms with Crippen molar-refractivity contribution in [3.05, 3.63) is 42.2 Å². The van der Waals surface area contributed by atoms with Crippen LogP contribution >= 0.6 is 0 Å². The molecule has 1 unspecified atom stereocenters. The number of hydrogen-bond acceptors (Lipinski definition) is 3. The molecule has 2 aromatic rings. The smallest absolute Gasteiger partial charge is 0.0940 e. The first-order valence-corrected chi connectivity index (χ1v) is 6.08. The zero-order chi connectivity index (χ0) is 13.4. The van der Waals surface area contributed by atoms with E-state index in [2.05, 4.69) is 4.98 Å². The highest BCUT2D eigenvalue weighted by Gasteiger charge is 2.37. The number of rotatable bonds is 3. The minimum Gasteiger partial charge on any atom is -0.387 e. The van der Waals surface area contributed by atoms with Crippen LogP contribution in [0, 0.1) is 0 Å². The quantitative estimate of drug-likeness (QED) is 0.872. The Balaban J connectivity index is 2.44. The molecular formula is C15H19NO2. The summed E-state index contributed by atoms with van der Waals surface area (Å²) in [7, 11) is 0. The van der Waals surface area contributed by atoms with Gasteiger partial charge in [-0.25, -0.2) is 0 Å². The molecule has 0 aliphatic carbocycles. The lowest BCUT2D eigenvalue weighted by Crippen LogP contribution is -2.49. The van der Waals surface area contributed by atoms with Gasteiger partial charge in [-0.2, -0.15) is 0 Å². The van der Waals surface area contributed by atoms with Crippen molar-refractivity contribution in [2.24, 2.45) is 0 Å². The molecule has 96 valence electrons. The Hall–Kier alpha value is -1.45. The van der Waals surface area contributed by atoms with Gasteiger partial charge in [0.25, 0.3) is 0 Å². The Kier molecular flexibility index (Phi) is 3.13. The Morgan fingerprint density at radius 1 is 1.06 bits per heavy atom. The molecule has 0 saturated carbocycles. The number of aliphatic hydroxyl groups is 2. The van der Waals surface area contributed by atoms with Crippen molar-refractivity contribution in [3.8, 4) is 0 Å². The van der Waals surface area contributed by atoms with Gasteiger partial charge in [-0.15, -0.1) is 0 Å². The van der Waals surface area contributed by atoms with Crippen molar-refractivity contribution in [3.63, 3.8) is 0 Å². The first-order valence-electron chi connectivity index (χ1n) is 6.08. The van der Waals surface area contributed by atoms with Crippen LogP contribution in [0.4, 0.5) is 0 Å². The van der Waals surface area contributed by atoms with Crippen LogP contribution < -0.4 is 0 Å². The van der Waals surface area contributed by atoms with E-state index in [0.717, 1.165) is 16.3 Å². The standard InChI is InChI=1S/C15H19NO2/c1-14(2,17)15(3,18)8-12-10-16-9-11-6-4-5-7-13(11)12/h4-7,9-10,17-18H,8H2,1-3H3. The first-order chi connectivity index (χ1) is 8.31. The zero-order valence-corrected chi connectivity index (χ0v) is 11.0. The minimum absolute atomic E-state index is 0.366. The van der Waals surface area contributed by atoms with Crippen molar-refractivity contribution < 1.29 is 10.2 Å². The van der Waals surface area contributed by atoms with Gasteiger partial charge >= 0.3 is 0 Å². The molecular weight excluding hydrogens is 226 g/mol. The summed E-state index contributed by atoms with van der Waals surface area (Å²) in [5.41, 5.74) is -1.41. The van der Waals surface area contributed by atoms with Gasteiger partial charge in [-0.05, 0) is 31.7 Å². The average Bonchev–Trinajstić information content (AvgIpc) is 2.27. The van der Waals surface area contributed by atoms with Gasteiger partial charge in [-0.1, -0.05) is 24.3 Å². The van der Waals surface area contributed by atoms with Gasteiger partial charge in [0.2, 0.25) is 0 Å². The van der Waals surface area contributed by atoms with E-state index in [9.17, 15) is 10.2 Å². The molecule has 18 heavy (non-hydrogen) atoms. The Morgan fingerprint density at radius 3 is 2.39 bits per heavy atom. The van der Waals surface area contributed by atoms with Crippen molar-refractivity contribution >= 4 is 10.8 Å². The molecule has 2 N–H and O–H groups in total. The largest absolute Gasteiger partial charge is 0.387 e. The van der Waals surface area contributed by atoms with E-state index in [1.165, 1.54) is 0 Å². The van der Waals surface area contributed by atoms with Gasteiger partial charge < -0.3 is 10.2 Å². The fourth-order valence-electron chi connectivity index (χ4n) is 1.91. The lowest BCUT2D eigenvalue weighted by Gasteiger charge is -2.35. The highest BCUT2D eigenvalue weighted by atomic mass is 16.3. The summed E-state index contributed by atoms with van der Waals surface area (Å²) < 4.78 is 0. The second kappa shape index (κ2) is 4.34. The van der Waals surface area contributed by atoms with Crippen molar-refractivity contribution in [2.45, 2.75) is 38.4 Å². The van der Waals surface area contributed by atoms with Crippen LogP contribution in [0.5, 0.6) is 0 Å². The van der Waals surface area contributed by atoms with Crippen LogP contribution in [0.3, 0.4) is 0 Å². The van der Waals surface area contributed by atoms with Crippen molar-refractivity contribution in [1.82, 2.24) is 4.98 Å². The third kappa shape index (κ3) is 2.37. The maximum absolute atomic E-state index is 10.4. The number of aromatic nitrogens is 1. The Morgan fingerprint density at radius 2 is 1.72 bits per heavy atom. The molecule has 0 aliphatic rings. The molecule has 0 bridgehead atoms. The average molecular weight is 245 g/mol. The highest BCUT2D eigenvalue weighted by molar-refractivity contribution is 5.84. The monoisotopic (exact) mass is 245 g/mol. The van der Waals surface area contributed by atoms with Crippen LogP contribution in [0.2, 0.25) is 0 Å². The summed E-state index contributed by atoms with van der Waals surface area (Å²) in [6, 6.07) is 7.92. The normalized spacial score (nSPS) is 15.6. The van der Waals surface area contributed by atoms with E-state index in [-0.39, 0.29) is 0 Å². The molecule has 3 nitrogen and oxygen atoms in total. The molecule has 0 amide bonds. The van der Waals surface area contributed by atoms with Gasteiger partial charge in [-0.3, -0.25) is 4.98 Å². The maximum atomic E-state index is 10.4. The van der Waals surface area contributed by atoms with Crippen LogP contribution in [0.25, 0.3) is 10.8 Å². The molecule has 1 aromatic heterocycles. The molecule has 0 saturated heterocycles. The van der Waals surface area contributed by atoms with Crippen LogP contribution in [0.1, 0.15) is 26.3 Å². The third-order valence-electron chi connectivity index (χ3n) is 3.60. The number of hydrogen-bond donors (Lipinski definition) is 2. The summed E-state index contributed by atoms with van der Waals surface area (Å²) in [6.45, 7) is 4.88. The predicted octanol–water partition coefficient (Wildman–Crippen LogP) is 2.30. The minimum atomic E-state index is -1.20. The Bertz CT molecular complexity index is 550. The summed E-state index contributed by atoms with van der Waals surface area (Å²) in [6.07, 6.45) is 3.92. The van der Waals surface area contributed by atoms with Crippen LogP contribution in [-0.4, -0.2) is 26.4 Å². The Labute approximate surface area is 107 Å². The predicted molar refractivity (Wildman–Crippen MR) is 72.4 cm³/mol. The number of pyridine rings is 1. The zero-order valence-electron chi connectivity index (χ0n) is 11.0. The van der Waals surface area contributed by atoms with E-state index in [0.29, 0.717) is 6.42 Å². The van der Waals surface area contributed by atoms with E-state index >= 15 is 0 Å². The fraction of sp³-hybridized carbons (Fsp3) is 0.400. The van der Waals surface area contributed by atoms with E-state index < -0.39 is 11.2 Å². The SMILES string of the molecule is CC(C)(O)C(C)(O)Cc1cncc2ccccc12. The summed E-state index contributed by atoms with van der Waals surface area (Å²) >= 11 is 0. The van der Waals surface area contributed by atoms with E-state index in [1.807, 2.05) is 24.3 Å². The lowest BCUT2D eigenvalue weighted by molar-refractivity contribution is -0.118. The lowest BCUT2D eigenvalue weighted by atomic mass is 9.82. The molecule has 1 atom stereocenters. The molecule has 0 aliphatic heterocycles. The molecule has 0 spiro atoms. The fourth-order valence-corrected chi connectivity index (χ4v) is 1.91. The molecule has 0 radical (unpaired) electrons. The highest BCUT2D eigenvalue weighted by Crippen LogP contribution is 2.28. The molecule has 3 heteroatoms. The van der Waals surface area contributed by atoms with Gasteiger partial charge in [0, 0.05) is 24.2 Å². The second-order valence-corrected chi connectivity index (χ2v) is 5.53. The number of fused-ring (bicyclic) bond motifs is 1. The molecule has 2 rings (SSSR count). The number of benzene rings is 1. The van der Waals surface area contributed by atoms with Crippen molar-refractivity contribution in [1.29, 1.82) is 0 Å². The second-order valence-electron chi connectivity index (χ2n) is 5.53. The van der Waals surface area contributed by atoms with Crippen LogP contribution in [-0.2, 0) is 6.42 Å². The van der Waals surface area contributed by atoms with E-state index in [4.69, 9.17) is 0 Å². The summed E-state index contributed by atoms with van der Waals surface area (Å²) in [4.78, 5) is 4.19. The summed E-state index contributed by atoms with van der Waals surface area (Å²) in [5, 5.41) is 22.5. The number of nitrogens with zero attached hydrogens (tertiary/aromatic N) is 1.